The highest BCUT2D eigenvalue weighted by Crippen LogP contribution is 2.18. The third-order valence-corrected chi connectivity index (χ3v) is 1.97. The molecule has 0 saturated carbocycles. The molecular formula is C12H13NO. The summed E-state index contributed by atoms with van der Waals surface area (Å²) in [6.07, 6.45) is 3.54. The molecule has 0 aromatic heterocycles. The van der Waals surface area contributed by atoms with Gasteiger partial charge in [0.25, 0.3) is 0 Å². The van der Waals surface area contributed by atoms with E-state index in [9.17, 15) is 5.11 Å². The van der Waals surface area contributed by atoms with Crippen molar-refractivity contribution in [2.75, 3.05) is 0 Å². The first-order chi connectivity index (χ1) is 6.67. The molecule has 0 bridgehead atoms. The molecule has 0 aliphatic heterocycles. The second-order valence-electron chi connectivity index (χ2n) is 3.08. The van der Waals surface area contributed by atoms with Crippen molar-refractivity contribution in [3.63, 3.8) is 0 Å². The monoisotopic (exact) mass is 187 g/mol. The predicted molar refractivity (Wildman–Crippen MR) is 59.0 cm³/mol. The van der Waals surface area contributed by atoms with E-state index < -0.39 is 0 Å². The average molecular weight is 187 g/mol. The van der Waals surface area contributed by atoms with Gasteiger partial charge in [-0.1, -0.05) is 30.9 Å². The summed E-state index contributed by atoms with van der Waals surface area (Å²) in [5.41, 5.74) is 2.47. The number of nitrogens with one attached hydrogen (secondary N) is 1. The molecule has 0 aliphatic carbocycles. The largest absolute Gasteiger partial charge is 0.507 e. The van der Waals surface area contributed by atoms with E-state index in [2.05, 4.69) is 13.2 Å². The summed E-state index contributed by atoms with van der Waals surface area (Å²) in [6, 6.07) is 5.18. The minimum Gasteiger partial charge on any atom is -0.507 e. The lowest BCUT2D eigenvalue weighted by atomic mass is 10.0. The first-order valence-corrected chi connectivity index (χ1v) is 4.30. The van der Waals surface area contributed by atoms with Crippen molar-refractivity contribution in [1.82, 2.24) is 0 Å². The van der Waals surface area contributed by atoms with Gasteiger partial charge >= 0.3 is 0 Å². The third kappa shape index (κ3) is 2.33. The van der Waals surface area contributed by atoms with Crippen molar-refractivity contribution in [2.24, 2.45) is 0 Å². The molecule has 0 fully saturated rings. The Labute approximate surface area is 83.7 Å². The van der Waals surface area contributed by atoms with Gasteiger partial charge in [-0.05, 0) is 24.1 Å². The van der Waals surface area contributed by atoms with Gasteiger partial charge in [0, 0.05) is 11.8 Å². The highest BCUT2D eigenvalue weighted by atomic mass is 16.3. The van der Waals surface area contributed by atoms with Crippen LogP contribution in [0.25, 0.3) is 0 Å². The van der Waals surface area contributed by atoms with Crippen LogP contribution in [0.5, 0.6) is 5.75 Å². The Kier molecular flexibility index (Phi) is 3.24. The fourth-order valence-electron chi connectivity index (χ4n) is 1.16. The van der Waals surface area contributed by atoms with Crippen molar-refractivity contribution < 1.29 is 5.11 Å². The van der Waals surface area contributed by atoms with Gasteiger partial charge in [-0.3, -0.25) is 0 Å². The van der Waals surface area contributed by atoms with Crippen LogP contribution >= 0.6 is 0 Å². The summed E-state index contributed by atoms with van der Waals surface area (Å²) >= 11 is 0. The number of hydrogen-bond donors (Lipinski definition) is 2. The lowest BCUT2D eigenvalue weighted by molar-refractivity contribution is 0.474. The van der Waals surface area contributed by atoms with Crippen LogP contribution in [0.15, 0.2) is 43.0 Å². The lowest BCUT2D eigenvalue weighted by Crippen LogP contribution is -1.89. The first-order valence-electron chi connectivity index (χ1n) is 4.30. The van der Waals surface area contributed by atoms with Crippen molar-refractivity contribution in [3.05, 3.63) is 54.1 Å². The van der Waals surface area contributed by atoms with E-state index in [-0.39, 0.29) is 5.75 Å². The van der Waals surface area contributed by atoms with Crippen molar-refractivity contribution in [1.29, 1.82) is 5.41 Å². The van der Waals surface area contributed by atoms with Gasteiger partial charge in [0.15, 0.2) is 0 Å². The number of aromatic hydroxyl groups is 1. The van der Waals surface area contributed by atoms with Crippen LogP contribution in [0, 0.1) is 5.41 Å². The summed E-state index contributed by atoms with van der Waals surface area (Å²) in [5, 5.41) is 16.4. The minimum absolute atomic E-state index is 0.132. The molecule has 0 atom stereocenters. The molecule has 14 heavy (non-hydrogen) atoms. The first kappa shape index (κ1) is 10.3. The summed E-state index contributed by atoms with van der Waals surface area (Å²) in [7, 11) is 0. The molecular weight excluding hydrogens is 174 g/mol. The Morgan fingerprint density at radius 3 is 2.79 bits per heavy atom. The zero-order valence-electron chi connectivity index (χ0n) is 7.96. The van der Waals surface area contributed by atoms with Gasteiger partial charge in [-0.15, -0.1) is 0 Å². The molecule has 0 unspecified atom stereocenters. The standard InChI is InChI=1S/C12H13NO/c1-3-9(2)6-10-4-5-12(14)11(7-10)8-13/h3-5,7-8,13-14H,1-2,6H2. The Morgan fingerprint density at radius 2 is 2.21 bits per heavy atom. The Morgan fingerprint density at radius 1 is 1.50 bits per heavy atom. The molecule has 0 amide bonds. The maximum Gasteiger partial charge on any atom is 0.124 e. The van der Waals surface area contributed by atoms with Gasteiger partial charge < -0.3 is 10.5 Å². The van der Waals surface area contributed by atoms with Crippen LogP contribution in [-0.2, 0) is 6.42 Å². The summed E-state index contributed by atoms with van der Waals surface area (Å²) in [6.45, 7) is 7.43. The molecule has 0 aliphatic rings. The molecule has 72 valence electrons. The molecule has 0 saturated heterocycles. The summed E-state index contributed by atoms with van der Waals surface area (Å²) in [4.78, 5) is 0. The van der Waals surface area contributed by atoms with E-state index in [1.807, 2.05) is 6.07 Å². The molecule has 1 aromatic carbocycles. The van der Waals surface area contributed by atoms with Crippen LogP contribution in [0.2, 0.25) is 0 Å². The number of rotatable bonds is 4. The van der Waals surface area contributed by atoms with E-state index in [0.717, 1.165) is 17.4 Å². The van der Waals surface area contributed by atoms with Gasteiger partial charge in [-0.25, -0.2) is 0 Å². The molecule has 2 nitrogen and oxygen atoms in total. The van der Waals surface area contributed by atoms with Crippen LogP contribution in [-0.4, -0.2) is 11.3 Å². The fraction of sp³-hybridized carbons (Fsp3) is 0.0833. The normalized spacial score (nSPS) is 9.43. The van der Waals surface area contributed by atoms with Gasteiger partial charge in [0.05, 0.1) is 0 Å². The van der Waals surface area contributed by atoms with Crippen LogP contribution in [0.1, 0.15) is 11.1 Å². The maximum atomic E-state index is 9.33. The second kappa shape index (κ2) is 4.42. The topological polar surface area (TPSA) is 44.1 Å². The number of benzene rings is 1. The van der Waals surface area contributed by atoms with E-state index in [4.69, 9.17) is 5.41 Å². The highest BCUT2D eigenvalue weighted by molar-refractivity contribution is 5.81. The molecule has 0 heterocycles. The van der Waals surface area contributed by atoms with Crippen LogP contribution < -0.4 is 0 Å². The number of hydrogen-bond acceptors (Lipinski definition) is 2. The van der Waals surface area contributed by atoms with E-state index in [1.54, 1.807) is 18.2 Å². The Hall–Kier alpha value is -1.83. The number of phenols is 1. The summed E-state index contributed by atoms with van der Waals surface area (Å²) in [5.74, 6) is 0.132. The second-order valence-corrected chi connectivity index (χ2v) is 3.08. The molecule has 2 heteroatoms. The smallest absolute Gasteiger partial charge is 0.124 e. The van der Waals surface area contributed by atoms with Crippen LogP contribution in [0.3, 0.4) is 0 Å². The van der Waals surface area contributed by atoms with Crippen molar-refractivity contribution in [2.45, 2.75) is 6.42 Å². The molecule has 0 spiro atoms. The van der Waals surface area contributed by atoms with Gasteiger partial charge in [-0.2, -0.15) is 0 Å². The zero-order chi connectivity index (χ0) is 10.6. The molecule has 0 radical (unpaired) electrons. The van der Waals surface area contributed by atoms with Gasteiger partial charge in [0.2, 0.25) is 0 Å². The van der Waals surface area contributed by atoms with Gasteiger partial charge in [0.1, 0.15) is 5.75 Å². The highest BCUT2D eigenvalue weighted by Gasteiger charge is 2.00. The van der Waals surface area contributed by atoms with Crippen molar-refractivity contribution in [3.8, 4) is 5.75 Å². The quantitative estimate of drug-likeness (QED) is 0.552. The third-order valence-electron chi connectivity index (χ3n) is 1.97. The molecule has 1 aromatic rings. The van der Waals surface area contributed by atoms with Crippen molar-refractivity contribution >= 4 is 6.21 Å². The fourth-order valence-corrected chi connectivity index (χ4v) is 1.16. The zero-order valence-corrected chi connectivity index (χ0v) is 7.96. The van der Waals surface area contributed by atoms with Crippen LogP contribution in [0.4, 0.5) is 0 Å². The summed E-state index contributed by atoms with van der Waals surface area (Å²) < 4.78 is 0. The number of allylic oxidation sites excluding steroid dienone is 2. The molecule has 2 N–H and O–H groups in total. The SMILES string of the molecule is C=CC(=C)Cc1ccc(O)c(C=N)c1. The molecule has 1 rings (SSSR count). The lowest BCUT2D eigenvalue weighted by Gasteiger charge is -2.03. The number of phenolic OH excluding ortho intramolecular Hbond substituents is 1. The van der Waals surface area contributed by atoms with E-state index in [1.165, 1.54) is 0 Å². The average Bonchev–Trinajstić information content (AvgIpc) is 2.20. The van der Waals surface area contributed by atoms with E-state index >= 15 is 0 Å². The predicted octanol–water partition coefficient (Wildman–Crippen LogP) is 2.67. The minimum atomic E-state index is 0.132. The Balaban J connectivity index is 2.94. The maximum absolute atomic E-state index is 9.33. The Bertz CT molecular complexity index is 380. The van der Waals surface area contributed by atoms with E-state index in [0.29, 0.717) is 12.0 Å².